The van der Waals surface area contributed by atoms with Crippen molar-refractivity contribution in [1.82, 2.24) is 0 Å². The summed E-state index contributed by atoms with van der Waals surface area (Å²) >= 11 is 0. The second-order valence-corrected chi connectivity index (χ2v) is 1.83. The molecule has 0 amide bonds. The summed E-state index contributed by atoms with van der Waals surface area (Å²) < 4.78 is 1.96. The molecule has 0 N–H and O–H groups in total. The quantitative estimate of drug-likeness (QED) is 0.226. The van der Waals surface area contributed by atoms with Crippen molar-refractivity contribution in [2.24, 2.45) is 0 Å². The normalized spacial score (nSPS) is 10.4. The van der Waals surface area contributed by atoms with Crippen LogP contribution in [0.15, 0.2) is 12.7 Å². The lowest BCUT2D eigenvalue weighted by Gasteiger charge is -1.85. The van der Waals surface area contributed by atoms with E-state index in [1.54, 1.807) is 0 Å². The van der Waals surface area contributed by atoms with E-state index < -0.39 is 0 Å². The first kappa shape index (κ1) is 7.97. The standard InChI is InChI=1S/C8H12N/c1-4-6-8-9(3)7-5-2/h2,4,8H,1,6-7H2,3H3/q+1. The van der Waals surface area contributed by atoms with Crippen LogP contribution in [0.5, 0.6) is 0 Å². The second kappa shape index (κ2) is 5.11. The van der Waals surface area contributed by atoms with Crippen LogP contribution in [0.1, 0.15) is 6.42 Å². The van der Waals surface area contributed by atoms with E-state index in [1.165, 1.54) is 0 Å². The smallest absolute Gasteiger partial charge is 0.202 e. The third kappa shape index (κ3) is 4.83. The van der Waals surface area contributed by atoms with Gasteiger partial charge in [-0.05, 0) is 5.92 Å². The van der Waals surface area contributed by atoms with Crippen LogP contribution >= 0.6 is 0 Å². The molecule has 0 heterocycles. The van der Waals surface area contributed by atoms with Crippen molar-refractivity contribution in [3.63, 3.8) is 0 Å². The van der Waals surface area contributed by atoms with E-state index in [-0.39, 0.29) is 0 Å². The van der Waals surface area contributed by atoms with Crippen molar-refractivity contribution in [3.05, 3.63) is 12.7 Å². The Hall–Kier alpha value is -1.03. The monoisotopic (exact) mass is 122 g/mol. The van der Waals surface area contributed by atoms with Crippen LogP contribution in [0.2, 0.25) is 0 Å². The van der Waals surface area contributed by atoms with Crippen LogP contribution in [-0.4, -0.2) is 24.4 Å². The minimum Gasteiger partial charge on any atom is -0.231 e. The van der Waals surface area contributed by atoms with Gasteiger partial charge in [0.25, 0.3) is 0 Å². The molecule has 0 aliphatic heterocycles. The molecule has 0 spiro atoms. The Balaban J connectivity index is 3.58. The largest absolute Gasteiger partial charge is 0.231 e. The van der Waals surface area contributed by atoms with E-state index >= 15 is 0 Å². The predicted molar refractivity (Wildman–Crippen MR) is 40.8 cm³/mol. The Morgan fingerprint density at radius 3 is 2.89 bits per heavy atom. The summed E-state index contributed by atoms with van der Waals surface area (Å²) in [6.45, 7) is 4.26. The molecule has 1 nitrogen and oxygen atoms in total. The summed E-state index contributed by atoms with van der Waals surface area (Å²) in [5.41, 5.74) is 0. The Bertz CT molecular complexity index is 148. The molecule has 1 heteroatoms. The fourth-order valence-corrected chi connectivity index (χ4v) is 0.463. The van der Waals surface area contributed by atoms with Crippen LogP contribution in [0.25, 0.3) is 0 Å². The first-order valence-electron chi connectivity index (χ1n) is 2.89. The van der Waals surface area contributed by atoms with Crippen molar-refractivity contribution in [3.8, 4) is 12.3 Å². The fraction of sp³-hybridized carbons (Fsp3) is 0.375. The Labute approximate surface area is 56.7 Å². The number of hydrogen-bond acceptors (Lipinski definition) is 0. The van der Waals surface area contributed by atoms with Gasteiger partial charge in [0.1, 0.15) is 13.3 Å². The Kier molecular flexibility index (Phi) is 4.53. The van der Waals surface area contributed by atoms with Gasteiger partial charge in [0.15, 0.2) is 0 Å². The maximum absolute atomic E-state index is 5.06. The molecular weight excluding hydrogens is 110 g/mol. The second-order valence-electron chi connectivity index (χ2n) is 1.83. The van der Waals surface area contributed by atoms with Crippen LogP contribution in [0.4, 0.5) is 0 Å². The molecule has 0 atom stereocenters. The Morgan fingerprint density at radius 1 is 1.78 bits per heavy atom. The maximum Gasteiger partial charge on any atom is 0.202 e. The van der Waals surface area contributed by atoms with Gasteiger partial charge in [-0.1, -0.05) is 6.08 Å². The van der Waals surface area contributed by atoms with Gasteiger partial charge in [-0.25, -0.2) is 4.58 Å². The van der Waals surface area contributed by atoms with Crippen molar-refractivity contribution in [2.45, 2.75) is 6.42 Å². The van der Waals surface area contributed by atoms with Crippen molar-refractivity contribution in [1.29, 1.82) is 0 Å². The summed E-state index contributed by atoms with van der Waals surface area (Å²) in [4.78, 5) is 0. The zero-order valence-electron chi connectivity index (χ0n) is 5.80. The molecular formula is C8H12N+. The van der Waals surface area contributed by atoms with Gasteiger partial charge in [-0.2, -0.15) is 0 Å². The topological polar surface area (TPSA) is 3.01 Å². The first-order chi connectivity index (χ1) is 4.31. The molecule has 0 aromatic rings. The lowest BCUT2D eigenvalue weighted by Crippen LogP contribution is -2.05. The van der Waals surface area contributed by atoms with E-state index in [0.29, 0.717) is 6.54 Å². The molecule has 9 heavy (non-hydrogen) atoms. The van der Waals surface area contributed by atoms with Gasteiger partial charge >= 0.3 is 0 Å². The van der Waals surface area contributed by atoms with E-state index in [4.69, 9.17) is 6.42 Å². The fourth-order valence-electron chi connectivity index (χ4n) is 0.463. The molecule has 0 saturated heterocycles. The van der Waals surface area contributed by atoms with Gasteiger partial charge in [0, 0.05) is 6.42 Å². The van der Waals surface area contributed by atoms with Crippen molar-refractivity contribution < 1.29 is 4.58 Å². The highest BCUT2D eigenvalue weighted by molar-refractivity contribution is 5.53. The SMILES string of the molecule is C#CC[N+](C)=CCC=C. The van der Waals surface area contributed by atoms with Gasteiger partial charge in [-0.3, -0.25) is 0 Å². The third-order valence-corrected chi connectivity index (χ3v) is 0.924. The molecule has 0 bridgehead atoms. The lowest BCUT2D eigenvalue weighted by molar-refractivity contribution is -0.480. The van der Waals surface area contributed by atoms with E-state index in [0.717, 1.165) is 6.42 Å². The molecule has 0 aliphatic rings. The number of hydrogen-bond donors (Lipinski definition) is 0. The predicted octanol–water partition coefficient (Wildman–Crippen LogP) is 0.909. The molecule has 0 unspecified atom stereocenters. The Morgan fingerprint density at radius 2 is 2.44 bits per heavy atom. The highest BCUT2D eigenvalue weighted by Crippen LogP contribution is 1.72. The zero-order chi connectivity index (χ0) is 7.11. The summed E-state index contributed by atoms with van der Waals surface area (Å²) in [5.74, 6) is 2.54. The minimum atomic E-state index is 0.674. The molecule has 0 rings (SSSR count). The van der Waals surface area contributed by atoms with Crippen molar-refractivity contribution >= 4 is 6.21 Å². The average Bonchev–Trinajstić information content (AvgIpc) is 1.85. The van der Waals surface area contributed by atoms with Gasteiger partial charge in [0.05, 0.1) is 0 Å². The lowest BCUT2D eigenvalue weighted by atomic mass is 10.4. The van der Waals surface area contributed by atoms with E-state index in [1.807, 2.05) is 23.9 Å². The molecule has 48 valence electrons. The molecule has 0 aromatic carbocycles. The van der Waals surface area contributed by atoms with Gasteiger partial charge in [0.2, 0.25) is 6.54 Å². The van der Waals surface area contributed by atoms with E-state index in [9.17, 15) is 0 Å². The number of rotatable bonds is 3. The highest BCUT2D eigenvalue weighted by atomic mass is 14.9. The summed E-state index contributed by atoms with van der Waals surface area (Å²) in [5, 5.41) is 0. The maximum atomic E-state index is 5.06. The number of nitrogens with zero attached hydrogens (tertiary/aromatic N) is 1. The molecule has 0 aliphatic carbocycles. The van der Waals surface area contributed by atoms with Gasteiger partial charge < -0.3 is 0 Å². The van der Waals surface area contributed by atoms with Gasteiger partial charge in [-0.15, -0.1) is 13.0 Å². The van der Waals surface area contributed by atoms with E-state index in [2.05, 4.69) is 12.5 Å². The molecule has 0 saturated carbocycles. The highest BCUT2D eigenvalue weighted by Gasteiger charge is 1.86. The zero-order valence-corrected chi connectivity index (χ0v) is 5.80. The molecule has 0 aromatic heterocycles. The number of terminal acetylenes is 1. The van der Waals surface area contributed by atoms with Crippen LogP contribution in [-0.2, 0) is 0 Å². The molecule has 0 radical (unpaired) electrons. The summed E-state index contributed by atoms with van der Waals surface area (Å²) in [6.07, 6.45) is 9.80. The minimum absolute atomic E-state index is 0.674. The van der Waals surface area contributed by atoms with Crippen LogP contribution in [0, 0.1) is 12.3 Å². The average molecular weight is 122 g/mol. The third-order valence-electron chi connectivity index (χ3n) is 0.924. The van der Waals surface area contributed by atoms with Crippen LogP contribution < -0.4 is 0 Å². The molecule has 0 fully saturated rings. The summed E-state index contributed by atoms with van der Waals surface area (Å²) in [7, 11) is 1.95. The van der Waals surface area contributed by atoms with Crippen molar-refractivity contribution in [2.75, 3.05) is 13.6 Å². The number of allylic oxidation sites excluding steroid dienone is 1. The summed E-state index contributed by atoms with van der Waals surface area (Å²) in [6, 6.07) is 0. The first-order valence-corrected chi connectivity index (χ1v) is 2.89. The van der Waals surface area contributed by atoms with Crippen LogP contribution in [0.3, 0.4) is 0 Å².